The maximum absolute atomic E-state index is 12.2. The van der Waals surface area contributed by atoms with Crippen molar-refractivity contribution in [2.24, 2.45) is 0 Å². The topological polar surface area (TPSA) is 71.1 Å². The molecule has 1 fully saturated rings. The molecule has 1 aromatic rings. The van der Waals surface area contributed by atoms with E-state index in [0.717, 1.165) is 24.3 Å². The van der Waals surface area contributed by atoms with Gasteiger partial charge in [-0.15, -0.1) is 0 Å². The number of amides is 2. The number of benzene rings is 1. The molecule has 0 spiro atoms. The molecule has 1 N–H and O–H groups in total. The molecule has 0 atom stereocenters. The number of nitrogens with one attached hydrogen (secondary N) is 1. The van der Waals surface area contributed by atoms with Gasteiger partial charge in [-0.1, -0.05) is 24.3 Å². The second-order valence-electron chi connectivity index (χ2n) is 9.33. The number of hydrogen-bond acceptors (Lipinski definition) is 5. The van der Waals surface area contributed by atoms with Crippen molar-refractivity contribution in [3.8, 4) is 0 Å². The van der Waals surface area contributed by atoms with Gasteiger partial charge in [-0.05, 0) is 59.2 Å². The molecule has 7 heteroatoms. The average Bonchev–Trinajstić information content (AvgIpc) is 2.63. The summed E-state index contributed by atoms with van der Waals surface area (Å²) in [6.07, 6.45) is 3.18. The van der Waals surface area contributed by atoms with Crippen LogP contribution in [-0.2, 0) is 9.47 Å². The molecule has 166 valence electrons. The summed E-state index contributed by atoms with van der Waals surface area (Å²) in [6, 6.07) is 8.23. The molecule has 1 saturated heterocycles. The summed E-state index contributed by atoms with van der Waals surface area (Å²) in [7, 11) is 0. The Bertz CT molecular complexity index is 737. The molecule has 30 heavy (non-hydrogen) atoms. The fourth-order valence-electron chi connectivity index (χ4n) is 2.92. The van der Waals surface area contributed by atoms with Gasteiger partial charge in [0.15, 0.2) is 0 Å². The summed E-state index contributed by atoms with van der Waals surface area (Å²) in [6.45, 7) is 14.4. The first kappa shape index (κ1) is 23.6. The van der Waals surface area contributed by atoms with Crippen LogP contribution in [0.4, 0.5) is 15.3 Å². The highest BCUT2D eigenvalue weighted by atomic mass is 16.6. The summed E-state index contributed by atoms with van der Waals surface area (Å²) in [5, 5.41) is 2.70. The number of ether oxygens (including phenoxy) is 2. The van der Waals surface area contributed by atoms with Crippen molar-refractivity contribution < 1.29 is 19.1 Å². The van der Waals surface area contributed by atoms with Gasteiger partial charge in [-0.25, -0.2) is 9.59 Å². The van der Waals surface area contributed by atoms with Gasteiger partial charge in [-0.2, -0.15) is 0 Å². The number of piperazine rings is 1. The van der Waals surface area contributed by atoms with Gasteiger partial charge >= 0.3 is 12.2 Å². The van der Waals surface area contributed by atoms with Crippen molar-refractivity contribution in [3.63, 3.8) is 0 Å². The van der Waals surface area contributed by atoms with Crippen LogP contribution in [0.3, 0.4) is 0 Å². The van der Waals surface area contributed by atoms with Crippen LogP contribution < -0.4 is 10.2 Å². The minimum absolute atomic E-state index is 0.248. The van der Waals surface area contributed by atoms with Gasteiger partial charge in [0, 0.05) is 38.4 Å². The zero-order chi connectivity index (χ0) is 22.4. The Morgan fingerprint density at radius 1 is 0.933 bits per heavy atom. The molecule has 0 aliphatic carbocycles. The van der Waals surface area contributed by atoms with Gasteiger partial charge < -0.3 is 24.6 Å². The first-order valence-corrected chi connectivity index (χ1v) is 10.4. The Labute approximate surface area is 180 Å². The minimum Gasteiger partial charge on any atom is -0.444 e. The molecule has 2 amide bonds. The Morgan fingerprint density at radius 3 is 2.03 bits per heavy atom. The predicted octanol–water partition coefficient (Wildman–Crippen LogP) is 4.28. The molecule has 2 rings (SSSR count). The third-order valence-electron chi connectivity index (χ3n) is 4.26. The number of rotatable bonds is 4. The highest BCUT2D eigenvalue weighted by Crippen LogP contribution is 2.19. The van der Waals surface area contributed by atoms with E-state index in [1.54, 1.807) is 4.90 Å². The van der Waals surface area contributed by atoms with E-state index < -0.39 is 17.3 Å². The molecule has 7 nitrogen and oxygen atoms in total. The first-order valence-electron chi connectivity index (χ1n) is 10.4. The van der Waals surface area contributed by atoms with E-state index in [1.165, 1.54) is 0 Å². The second-order valence-corrected chi connectivity index (χ2v) is 9.33. The van der Waals surface area contributed by atoms with Gasteiger partial charge in [0.2, 0.25) is 0 Å². The highest BCUT2D eigenvalue weighted by molar-refractivity contribution is 5.69. The monoisotopic (exact) mass is 417 g/mol. The lowest BCUT2D eigenvalue weighted by atomic mass is 10.1. The van der Waals surface area contributed by atoms with E-state index in [1.807, 2.05) is 65.8 Å². The summed E-state index contributed by atoms with van der Waals surface area (Å²) < 4.78 is 10.6. The van der Waals surface area contributed by atoms with E-state index in [-0.39, 0.29) is 6.09 Å². The number of nitrogens with zero attached hydrogens (tertiary/aromatic N) is 2. The SMILES string of the molecule is CC(C)(C)OC(=O)NCC=Cc1ccc(N2CCN(C(=O)OC(C)(C)C)CC2)cc1. The minimum atomic E-state index is -0.498. The van der Waals surface area contributed by atoms with Crippen LogP contribution in [0.2, 0.25) is 0 Å². The highest BCUT2D eigenvalue weighted by Gasteiger charge is 2.25. The molecule has 1 aromatic carbocycles. The number of hydrogen-bond donors (Lipinski definition) is 1. The second kappa shape index (κ2) is 9.87. The third kappa shape index (κ3) is 8.35. The van der Waals surface area contributed by atoms with Gasteiger partial charge in [-0.3, -0.25) is 0 Å². The van der Waals surface area contributed by atoms with Crippen molar-refractivity contribution >= 4 is 23.9 Å². The van der Waals surface area contributed by atoms with Crippen LogP contribution in [0.1, 0.15) is 47.1 Å². The molecule has 1 heterocycles. The maximum atomic E-state index is 12.2. The van der Waals surface area contributed by atoms with E-state index in [9.17, 15) is 9.59 Å². The van der Waals surface area contributed by atoms with Crippen molar-refractivity contribution in [1.82, 2.24) is 10.2 Å². The van der Waals surface area contributed by atoms with Crippen LogP contribution in [0.25, 0.3) is 6.08 Å². The van der Waals surface area contributed by atoms with Gasteiger partial charge in [0.05, 0.1) is 0 Å². The van der Waals surface area contributed by atoms with E-state index in [0.29, 0.717) is 19.6 Å². The average molecular weight is 418 g/mol. The predicted molar refractivity (Wildman–Crippen MR) is 120 cm³/mol. The zero-order valence-corrected chi connectivity index (χ0v) is 19.0. The quantitative estimate of drug-likeness (QED) is 0.792. The zero-order valence-electron chi connectivity index (χ0n) is 19.0. The van der Waals surface area contributed by atoms with Crippen molar-refractivity contribution in [3.05, 3.63) is 35.9 Å². The van der Waals surface area contributed by atoms with E-state index in [4.69, 9.17) is 9.47 Å². The molecule has 0 unspecified atom stereocenters. The van der Waals surface area contributed by atoms with Crippen LogP contribution in [-0.4, -0.2) is 61.0 Å². The number of carbonyl (C=O) groups is 2. The molecule has 0 bridgehead atoms. The largest absolute Gasteiger partial charge is 0.444 e. The third-order valence-corrected chi connectivity index (χ3v) is 4.26. The van der Waals surface area contributed by atoms with Crippen LogP contribution >= 0.6 is 0 Å². The lowest BCUT2D eigenvalue weighted by molar-refractivity contribution is 0.0240. The number of carbonyl (C=O) groups excluding carboxylic acids is 2. The molecule has 1 aliphatic heterocycles. The van der Waals surface area contributed by atoms with Gasteiger partial charge in [0.1, 0.15) is 11.2 Å². The van der Waals surface area contributed by atoms with Crippen LogP contribution in [0, 0.1) is 0 Å². The molecule has 1 aliphatic rings. The smallest absolute Gasteiger partial charge is 0.410 e. The summed E-state index contributed by atoms with van der Waals surface area (Å²) in [4.78, 5) is 27.8. The fourth-order valence-corrected chi connectivity index (χ4v) is 2.92. The maximum Gasteiger partial charge on any atom is 0.410 e. The fraction of sp³-hybridized carbons (Fsp3) is 0.565. The normalized spacial score (nSPS) is 15.3. The molecular formula is C23H35N3O4. The molecule has 0 aromatic heterocycles. The standard InChI is InChI=1S/C23H35N3O4/c1-22(2,3)29-20(27)24-13-7-8-18-9-11-19(12-10-18)25-14-16-26(17-15-25)21(28)30-23(4,5)6/h7-12H,13-17H2,1-6H3,(H,24,27). The Morgan fingerprint density at radius 2 is 1.50 bits per heavy atom. The number of alkyl carbamates (subject to hydrolysis) is 1. The van der Waals surface area contributed by atoms with Crippen LogP contribution in [0.15, 0.2) is 30.3 Å². The van der Waals surface area contributed by atoms with E-state index >= 15 is 0 Å². The lowest BCUT2D eigenvalue weighted by Crippen LogP contribution is -2.50. The first-order chi connectivity index (χ1) is 13.9. The number of anilines is 1. The molecule has 0 saturated carbocycles. The van der Waals surface area contributed by atoms with Crippen molar-refractivity contribution in [1.29, 1.82) is 0 Å². The van der Waals surface area contributed by atoms with Crippen molar-refractivity contribution in [2.45, 2.75) is 52.7 Å². The Balaban J connectivity index is 1.78. The van der Waals surface area contributed by atoms with Crippen LogP contribution in [0.5, 0.6) is 0 Å². The Kier molecular flexibility index (Phi) is 7.76. The molecule has 0 radical (unpaired) electrons. The Hall–Kier alpha value is -2.70. The van der Waals surface area contributed by atoms with Gasteiger partial charge in [0.25, 0.3) is 0 Å². The summed E-state index contributed by atoms with van der Waals surface area (Å²) >= 11 is 0. The summed E-state index contributed by atoms with van der Waals surface area (Å²) in [5.74, 6) is 0. The van der Waals surface area contributed by atoms with E-state index in [2.05, 4.69) is 22.3 Å². The lowest BCUT2D eigenvalue weighted by Gasteiger charge is -2.36. The molecular weight excluding hydrogens is 382 g/mol. The van der Waals surface area contributed by atoms with Crippen molar-refractivity contribution in [2.75, 3.05) is 37.6 Å². The summed E-state index contributed by atoms with van der Waals surface area (Å²) in [5.41, 5.74) is 1.21.